The highest BCUT2D eigenvalue weighted by Gasteiger charge is 2.45. The van der Waals surface area contributed by atoms with Crippen LogP contribution in [0.5, 0.6) is 0 Å². The van der Waals surface area contributed by atoms with E-state index in [1.165, 1.54) is 34.3 Å². The van der Waals surface area contributed by atoms with Gasteiger partial charge in [-0.15, -0.1) is 0 Å². The fourth-order valence-corrected chi connectivity index (χ4v) is 7.53. The van der Waals surface area contributed by atoms with E-state index >= 15 is 4.39 Å². The number of nitrogens with two attached hydrogens (primary N) is 1. The molecule has 0 amide bonds. The van der Waals surface area contributed by atoms with E-state index in [0.717, 1.165) is 0 Å². The summed E-state index contributed by atoms with van der Waals surface area (Å²) in [7, 11) is 0. The van der Waals surface area contributed by atoms with E-state index in [0.29, 0.717) is 23.2 Å². The molecule has 2 fully saturated rings. The molecule has 0 radical (unpaired) electrons. The number of halogens is 1. The van der Waals surface area contributed by atoms with Gasteiger partial charge in [0.2, 0.25) is 5.78 Å². The number of hydrogen-bond donors (Lipinski definition) is 5. The van der Waals surface area contributed by atoms with Crippen LogP contribution in [0.4, 0.5) is 10.2 Å². The summed E-state index contributed by atoms with van der Waals surface area (Å²) in [6, 6.07) is -0.363. The van der Waals surface area contributed by atoms with Crippen molar-refractivity contribution in [3.63, 3.8) is 0 Å². The van der Waals surface area contributed by atoms with Crippen molar-refractivity contribution in [3.8, 4) is 0 Å². The zero-order valence-electron chi connectivity index (χ0n) is 23.4. The Bertz CT molecular complexity index is 2090. The third-order valence-electron chi connectivity index (χ3n) is 8.07. The van der Waals surface area contributed by atoms with Gasteiger partial charge in [-0.3, -0.25) is 9.36 Å². The largest absolute Gasteiger partial charge is 0.383 e. The first-order valence-electron chi connectivity index (χ1n) is 13.7. The van der Waals surface area contributed by atoms with Crippen LogP contribution in [0.2, 0.25) is 0 Å². The summed E-state index contributed by atoms with van der Waals surface area (Å²) in [6.45, 7) is -8.50. The van der Waals surface area contributed by atoms with Gasteiger partial charge in [0, 0.05) is 18.4 Å². The van der Waals surface area contributed by atoms with E-state index in [-0.39, 0.29) is 55.3 Å². The number of hydrogen-bond acceptors (Lipinski definition) is 14. The summed E-state index contributed by atoms with van der Waals surface area (Å²) >= 11 is 8.81. The Balaban J connectivity index is 1.03. The molecular formula is C22H26FN11O8P2S2. The first-order valence-corrected chi connectivity index (χ1v) is 19.0. The molecule has 1 saturated carbocycles. The predicted octanol–water partition coefficient (Wildman–Crippen LogP) is 1.29. The van der Waals surface area contributed by atoms with Gasteiger partial charge in [-0.2, -0.15) is 10.1 Å². The van der Waals surface area contributed by atoms with Crippen LogP contribution in [-0.4, -0.2) is 90.5 Å². The van der Waals surface area contributed by atoms with E-state index in [1.54, 1.807) is 4.57 Å². The molecule has 6 heterocycles. The van der Waals surface area contributed by atoms with Crippen LogP contribution in [0, 0.1) is 11.8 Å². The number of alkyl halides is 1. The van der Waals surface area contributed by atoms with Crippen LogP contribution < -0.4 is 11.3 Å². The predicted molar refractivity (Wildman–Crippen MR) is 164 cm³/mol. The molecule has 1 aliphatic carbocycles. The highest BCUT2D eigenvalue weighted by molar-refractivity contribution is 8.44. The van der Waals surface area contributed by atoms with Gasteiger partial charge < -0.3 is 38.4 Å². The van der Waals surface area contributed by atoms with Gasteiger partial charge in [-0.25, -0.2) is 38.4 Å². The van der Waals surface area contributed by atoms with Gasteiger partial charge >= 0.3 is 13.5 Å². The molecule has 1 aliphatic heterocycles. The lowest BCUT2D eigenvalue weighted by molar-refractivity contribution is -0.0362. The van der Waals surface area contributed by atoms with Crippen LogP contribution in [0.15, 0.2) is 30.1 Å². The molecule has 0 aromatic carbocycles. The maximum absolute atomic E-state index is 15.0. The quantitative estimate of drug-likeness (QED) is 0.0954. The highest BCUT2D eigenvalue weighted by atomic mass is 32.7. The number of nitrogens with zero attached hydrogens (tertiary/aromatic N) is 9. The van der Waals surface area contributed by atoms with E-state index in [2.05, 4.69) is 47.4 Å². The fraction of sp³-hybridized carbons (Fsp3) is 0.500. The number of thiol groups is 1. The number of anilines is 1. The molecule has 0 bridgehead atoms. The lowest BCUT2D eigenvalue weighted by Gasteiger charge is -2.45. The summed E-state index contributed by atoms with van der Waals surface area (Å²) in [5.41, 5.74) is 6.44. The first kappa shape index (κ1) is 31.7. The molecule has 8 atom stereocenters. The Kier molecular flexibility index (Phi) is 8.23. The maximum Gasteiger partial charge on any atom is 0.383 e. The molecule has 46 heavy (non-hydrogen) atoms. The van der Waals surface area contributed by atoms with Gasteiger partial charge in [0.1, 0.15) is 24.3 Å². The van der Waals surface area contributed by atoms with Crippen molar-refractivity contribution in [2.75, 3.05) is 25.6 Å². The lowest BCUT2D eigenvalue weighted by atomic mass is 9.70. The number of aromatic nitrogens is 10. The Hall–Kier alpha value is -2.91. The highest BCUT2D eigenvalue weighted by Crippen LogP contribution is 2.53. The fourth-order valence-electron chi connectivity index (χ4n) is 5.79. The average molecular weight is 718 g/mol. The van der Waals surface area contributed by atoms with Gasteiger partial charge in [-0.1, -0.05) is 12.2 Å². The summed E-state index contributed by atoms with van der Waals surface area (Å²) in [5, 5.41) is 6.49. The maximum atomic E-state index is 15.0. The monoisotopic (exact) mass is 717 g/mol. The molecular weight excluding hydrogens is 691 g/mol. The third-order valence-corrected chi connectivity index (χ3v) is 10.5. The lowest BCUT2D eigenvalue weighted by Crippen LogP contribution is -2.43. The molecule has 1 saturated heterocycles. The molecule has 246 valence electrons. The minimum absolute atomic E-state index is 0.0560. The van der Waals surface area contributed by atoms with Crippen molar-refractivity contribution in [2.45, 2.75) is 37.4 Å². The van der Waals surface area contributed by atoms with Gasteiger partial charge in [0.05, 0.1) is 38.6 Å². The molecule has 7 rings (SSSR count). The minimum Gasteiger partial charge on any atom is -0.382 e. The summed E-state index contributed by atoms with van der Waals surface area (Å²) in [6.07, 6.45) is 2.46. The van der Waals surface area contributed by atoms with Crippen LogP contribution >= 0.6 is 25.8 Å². The van der Waals surface area contributed by atoms with Crippen LogP contribution in [0.1, 0.15) is 25.1 Å². The second kappa shape index (κ2) is 12.0. The van der Waals surface area contributed by atoms with Crippen molar-refractivity contribution >= 4 is 71.5 Å². The molecule has 2 unspecified atom stereocenters. The number of ether oxygens (including phenoxy) is 1. The number of H-pyrrole nitrogens is 1. The molecule has 2 aliphatic rings. The first-order chi connectivity index (χ1) is 21.9. The number of aromatic amines is 1. The van der Waals surface area contributed by atoms with Crippen molar-refractivity contribution in [1.82, 2.24) is 48.7 Å². The number of imidazole rings is 2. The van der Waals surface area contributed by atoms with Crippen molar-refractivity contribution in [2.24, 2.45) is 11.8 Å². The summed E-state index contributed by atoms with van der Waals surface area (Å²) < 4.78 is 53.2. The van der Waals surface area contributed by atoms with Gasteiger partial charge in [-0.05, 0) is 24.1 Å². The van der Waals surface area contributed by atoms with Crippen LogP contribution in [0.25, 0.3) is 28.1 Å². The second-order valence-electron chi connectivity index (χ2n) is 10.8. The summed E-state index contributed by atoms with van der Waals surface area (Å²) in [5.74, 6) is -0.400. The Morgan fingerprint density at radius 2 is 1.83 bits per heavy atom. The van der Waals surface area contributed by atoms with Crippen LogP contribution in [-0.2, 0) is 34.7 Å². The topological polar surface area (TPSA) is 245 Å². The average Bonchev–Trinajstić information content (AvgIpc) is 3.78. The molecule has 24 heteroatoms. The second-order valence-corrected chi connectivity index (χ2v) is 16.4. The molecule has 5 aromatic heterocycles. The van der Waals surface area contributed by atoms with Crippen molar-refractivity contribution in [3.05, 3.63) is 35.7 Å². The van der Waals surface area contributed by atoms with E-state index in [9.17, 15) is 19.1 Å². The van der Waals surface area contributed by atoms with Crippen molar-refractivity contribution < 1.29 is 37.1 Å². The minimum atomic E-state index is -4.07. The zero-order valence-corrected chi connectivity index (χ0v) is 26.9. The number of fused-ring (bicyclic) bond motifs is 3. The van der Waals surface area contributed by atoms with Gasteiger partial charge in [0.25, 0.3) is 5.56 Å². The zero-order chi connectivity index (χ0) is 32.4. The molecule has 19 nitrogen and oxygen atoms in total. The van der Waals surface area contributed by atoms with E-state index < -0.39 is 43.5 Å². The number of rotatable bonds is 11. The third kappa shape index (κ3) is 5.98. The Morgan fingerprint density at radius 3 is 2.63 bits per heavy atom. The van der Waals surface area contributed by atoms with E-state index in [4.69, 9.17) is 35.8 Å². The van der Waals surface area contributed by atoms with Crippen molar-refractivity contribution in [1.29, 1.82) is 0 Å². The molecule has 0 spiro atoms. The van der Waals surface area contributed by atoms with Gasteiger partial charge in [0.15, 0.2) is 28.9 Å². The standard InChI is InChI=1S/C22H26FN11O8P2S2/c23-13-2-11(42-21(13)33-8-27-15-17(24)25-6-26-18(15)33)4-40-44(38,46)41-5-12-10(3-39-43(36,37)45)1-14(12)32-7-28-16-19(32)30-22-31-29-9-34(22)20(16)35/h6-14,21H,1-5H2,(H,30,31)(H,38,46)(H2,24,25,26)(H2,36,37,45)/t10-,11+,12-,13-,14-,21-,44?/m1/s1. The number of nitrogen functional groups attached to an aromatic ring is 1. The Morgan fingerprint density at radius 1 is 1.07 bits per heavy atom. The van der Waals surface area contributed by atoms with E-state index in [1.807, 2.05) is 0 Å². The molecule has 5 aromatic rings. The summed E-state index contributed by atoms with van der Waals surface area (Å²) in [4.78, 5) is 54.1. The molecule has 5 N–H and O–H groups in total. The normalized spacial score (nSPS) is 27.7. The van der Waals surface area contributed by atoms with Crippen LogP contribution in [0.3, 0.4) is 0 Å². The SMILES string of the molecule is Nc1ncnc2c1ncn2[C@@H]1O[C@H](COP(O)(=S)OC[C@@H]2[C@@H](COP(=O)(O)S)C[C@H]2n2cnc3c(=O)n4cn[nH]c4nc32)C[C@H]1F. The number of nitrogens with one attached hydrogen (secondary N) is 1. The smallest absolute Gasteiger partial charge is 0.382 e. The Labute approximate surface area is 267 Å².